The van der Waals surface area contributed by atoms with Crippen molar-refractivity contribution in [3.8, 4) is 12.1 Å². The van der Waals surface area contributed by atoms with Gasteiger partial charge in [-0.1, -0.05) is 58.9 Å². The predicted octanol–water partition coefficient (Wildman–Crippen LogP) is 6.35. The van der Waals surface area contributed by atoms with Crippen molar-refractivity contribution in [3.63, 3.8) is 0 Å². The Morgan fingerprint density at radius 1 is 0.615 bits per heavy atom. The third-order valence-electron chi connectivity index (χ3n) is 3.82. The average Bonchev–Trinajstić information content (AvgIpc) is 2.66. The van der Waals surface area contributed by atoms with Gasteiger partial charge in [-0.15, -0.1) is 0 Å². The summed E-state index contributed by atoms with van der Waals surface area (Å²) in [4.78, 5) is 4.18. The Labute approximate surface area is 162 Å². The summed E-state index contributed by atoms with van der Waals surface area (Å²) in [6.07, 6.45) is 0. The van der Waals surface area contributed by atoms with Gasteiger partial charge in [-0.05, 0) is 50.2 Å². The van der Waals surface area contributed by atoms with E-state index < -0.39 is 0 Å². The van der Waals surface area contributed by atoms with Crippen LogP contribution in [-0.4, -0.2) is 0 Å². The van der Waals surface area contributed by atoms with Gasteiger partial charge in [-0.2, -0.15) is 10.5 Å². The zero-order chi connectivity index (χ0) is 18.5. The van der Waals surface area contributed by atoms with Crippen LogP contribution in [0, 0.1) is 36.5 Å². The molecular formula is C22H16N2S2. The molecule has 0 bridgehead atoms. The second-order valence-electron chi connectivity index (χ2n) is 5.90. The van der Waals surface area contributed by atoms with Gasteiger partial charge in [0.25, 0.3) is 0 Å². The number of hydrogen-bond donors (Lipinski definition) is 0. The highest BCUT2D eigenvalue weighted by molar-refractivity contribution is 8.02. The summed E-state index contributed by atoms with van der Waals surface area (Å²) in [6.45, 7) is 4.12. The first kappa shape index (κ1) is 18.1. The number of nitriles is 2. The molecule has 0 heterocycles. The molecule has 0 aliphatic heterocycles. The highest BCUT2D eigenvalue weighted by atomic mass is 32.2. The van der Waals surface area contributed by atoms with Crippen LogP contribution in [0.1, 0.15) is 22.3 Å². The molecule has 0 atom stereocenters. The Balaban J connectivity index is 2.02. The van der Waals surface area contributed by atoms with Gasteiger partial charge in [0.15, 0.2) is 0 Å². The molecule has 4 heteroatoms. The molecule has 0 amide bonds. The summed E-state index contributed by atoms with van der Waals surface area (Å²) in [6, 6.07) is 24.5. The molecule has 0 aromatic heterocycles. The van der Waals surface area contributed by atoms with E-state index in [1.807, 2.05) is 12.1 Å². The Morgan fingerprint density at radius 3 is 1.27 bits per heavy atom. The number of aryl methyl sites for hydroxylation is 2. The molecule has 0 radical (unpaired) electrons. The SMILES string of the molecule is Cc1ccc(Sc2cc(C#N)c(C#N)cc2Sc2ccc(C)cc2)cc1. The fourth-order valence-electron chi connectivity index (χ4n) is 2.37. The van der Waals surface area contributed by atoms with Crippen LogP contribution in [0.4, 0.5) is 0 Å². The van der Waals surface area contributed by atoms with Crippen LogP contribution in [0.5, 0.6) is 0 Å². The van der Waals surface area contributed by atoms with E-state index in [0.29, 0.717) is 11.1 Å². The summed E-state index contributed by atoms with van der Waals surface area (Å²) < 4.78 is 0. The number of nitrogens with zero attached hydrogens (tertiary/aromatic N) is 2. The maximum atomic E-state index is 9.37. The fourth-order valence-corrected chi connectivity index (χ4v) is 4.35. The molecule has 3 rings (SSSR count). The summed E-state index contributed by atoms with van der Waals surface area (Å²) in [7, 11) is 0. The lowest BCUT2D eigenvalue weighted by Gasteiger charge is -2.11. The monoisotopic (exact) mass is 372 g/mol. The number of hydrogen-bond acceptors (Lipinski definition) is 4. The summed E-state index contributed by atoms with van der Waals surface area (Å²) >= 11 is 3.23. The number of benzene rings is 3. The van der Waals surface area contributed by atoms with Crippen molar-refractivity contribution >= 4 is 23.5 Å². The van der Waals surface area contributed by atoms with Gasteiger partial charge >= 0.3 is 0 Å². The lowest BCUT2D eigenvalue weighted by molar-refractivity contribution is 1.20. The van der Waals surface area contributed by atoms with Gasteiger partial charge in [-0.3, -0.25) is 0 Å². The molecule has 0 N–H and O–H groups in total. The van der Waals surface area contributed by atoms with Crippen molar-refractivity contribution in [1.82, 2.24) is 0 Å². The first-order valence-electron chi connectivity index (χ1n) is 8.06. The van der Waals surface area contributed by atoms with E-state index in [1.54, 1.807) is 23.5 Å². The highest BCUT2D eigenvalue weighted by Gasteiger charge is 2.13. The molecule has 0 aliphatic carbocycles. The topological polar surface area (TPSA) is 47.6 Å². The minimum Gasteiger partial charge on any atom is -0.192 e. The smallest absolute Gasteiger partial charge is 0.101 e. The Bertz CT molecular complexity index is 924. The second kappa shape index (κ2) is 8.15. The molecule has 0 unspecified atom stereocenters. The Morgan fingerprint density at radius 2 is 0.962 bits per heavy atom. The molecule has 3 aromatic rings. The zero-order valence-electron chi connectivity index (χ0n) is 14.5. The molecule has 0 saturated heterocycles. The molecule has 26 heavy (non-hydrogen) atoms. The minimum atomic E-state index is 0.412. The van der Waals surface area contributed by atoms with E-state index >= 15 is 0 Å². The summed E-state index contributed by atoms with van der Waals surface area (Å²) in [5.41, 5.74) is 3.24. The summed E-state index contributed by atoms with van der Waals surface area (Å²) in [5.74, 6) is 0. The molecule has 0 aliphatic rings. The lowest BCUT2D eigenvalue weighted by Crippen LogP contribution is -1.89. The maximum absolute atomic E-state index is 9.37. The Hall–Kier alpha value is -2.66. The van der Waals surface area contributed by atoms with Crippen LogP contribution < -0.4 is 0 Å². The van der Waals surface area contributed by atoms with E-state index in [1.165, 1.54) is 11.1 Å². The standard InChI is InChI=1S/C22H16N2S2/c1-15-3-7-19(8-4-15)25-21-11-17(13-23)18(14-24)12-22(21)26-20-9-5-16(2)6-10-20/h3-12H,1-2H3. The Kier molecular flexibility index (Phi) is 5.68. The first-order chi connectivity index (χ1) is 12.6. The fraction of sp³-hybridized carbons (Fsp3) is 0.0909. The molecular weight excluding hydrogens is 356 g/mol. The van der Waals surface area contributed by atoms with E-state index in [4.69, 9.17) is 0 Å². The van der Waals surface area contributed by atoms with Gasteiger partial charge < -0.3 is 0 Å². The van der Waals surface area contributed by atoms with Gasteiger partial charge in [0.2, 0.25) is 0 Å². The van der Waals surface area contributed by atoms with Crippen molar-refractivity contribution in [2.75, 3.05) is 0 Å². The third-order valence-corrected chi connectivity index (χ3v) is 6.08. The largest absolute Gasteiger partial charge is 0.192 e. The first-order valence-corrected chi connectivity index (χ1v) is 9.69. The van der Waals surface area contributed by atoms with E-state index in [0.717, 1.165) is 19.6 Å². The van der Waals surface area contributed by atoms with E-state index in [2.05, 4.69) is 74.5 Å². The molecule has 0 spiro atoms. The van der Waals surface area contributed by atoms with Gasteiger partial charge in [0, 0.05) is 19.6 Å². The van der Waals surface area contributed by atoms with Gasteiger partial charge in [0.05, 0.1) is 11.1 Å². The molecule has 126 valence electrons. The number of rotatable bonds is 4. The molecule has 3 aromatic carbocycles. The predicted molar refractivity (Wildman–Crippen MR) is 106 cm³/mol. The van der Waals surface area contributed by atoms with Crippen molar-refractivity contribution in [1.29, 1.82) is 10.5 Å². The van der Waals surface area contributed by atoms with Crippen LogP contribution in [0.2, 0.25) is 0 Å². The zero-order valence-corrected chi connectivity index (χ0v) is 16.1. The maximum Gasteiger partial charge on any atom is 0.101 e. The van der Waals surface area contributed by atoms with Crippen LogP contribution in [-0.2, 0) is 0 Å². The minimum absolute atomic E-state index is 0.412. The van der Waals surface area contributed by atoms with Crippen LogP contribution >= 0.6 is 23.5 Å². The van der Waals surface area contributed by atoms with Crippen LogP contribution in [0.3, 0.4) is 0 Å². The van der Waals surface area contributed by atoms with Crippen molar-refractivity contribution in [2.45, 2.75) is 33.4 Å². The normalized spacial score (nSPS) is 10.2. The summed E-state index contributed by atoms with van der Waals surface area (Å²) in [5, 5.41) is 18.7. The average molecular weight is 373 g/mol. The van der Waals surface area contributed by atoms with Crippen molar-refractivity contribution < 1.29 is 0 Å². The molecule has 0 fully saturated rings. The highest BCUT2D eigenvalue weighted by Crippen LogP contribution is 2.40. The van der Waals surface area contributed by atoms with Gasteiger partial charge in [0.1, 0.15) is 12.1 Å². The van der Waals surface area contributed by atoms with Crippen LogP contribution in [0.25, 0.3) is 0 Å². The van der Waals surface area contributed by atoms with E-state index in [-0.39, 0.29) is 0 Å². The quantitative estimate of drug-likeness (QED) is 0.535. The van der Waals surface area contributed by atoms with Crippen LogP contribution in [0.15, 0.2) is 80.2 Å². The van der Waals surface area contributed by atoms with Gasteiger partial charge in [-0.25, -0.2) is 0 Å². The van der Waals surface area contributed by atoms with Crippen molar-refractivity contribution in [3.05, 3.63) is 82.9 Å². The second-order valence-corrected chi connectivity index (χ2v) is 8.13. The molecule has 2 nitrogen and oxygen atoms in total. The lowest BCUT2D eigenvalue weighted by atomic mass is 10.1. The molecule has 0 saturated carbocycles. The van der Waals surface area contributed by atoms with E-state index in [9.17, 15) is 10.5 Å². The van der Waals surface area contributed by atoms with Crippen molar-refractivity contribution in [2.24, 2.45) is 0 Å². The third kappa shape index (κ3) is 4.29.